The molecule has 3 nitrogen and oxygen atoms in total. The summed E-state index contributed by atoms with van der Waals surface area (Å²) < 4.78 is 6.75. The van der Waals surface area contributed by atoms with Gasteiger partial charge in [-0.15, -0.1) is 11.3 Å². The Hall–Kier alpha value is -2.29. The van der Waals surface area contributed by atoms with Gasteiger partial charge in [-0.25, -0.2) is 0 Å². The van der Waals surface area contributed by atoms with Crippen LogP contribution in [0, 0.1) is 11.3 Å². The molecule has 1 aliphatic heterocycles. The Bertz CT molecular complexity index is 986. The fourth-order valence-corrected chi connectivity index (χ4v) is 4.15. The lowest BCUT2D eigenvalue weighted by molar-refractivity contribution is 0.395. The fraction of sp³-hybridized carbons (Fsp3) is 0.0556. The first-order valence-electron chi connectivity index (χ1n) is 7.01. The molecule has 0 fully saturated rings. The van der Waals surface area contributed by atoms with E-state index < -0.39 is 0 Å². The van der Waals surface area contributed by atoms with Gasteiger partial charge in [0.05, 0.1) is 5.92 Å². The van der Waals surface area contributed by atoms with Gasteiger partial charge in [0.1, 0.15) is 17.4 Å². The van der Waals surface area contributed by atoms with Gasteiger partial charge in [-0.1, -0.05) is 28.1 Å². The average molecular weight is 383 g/mol. The molecule has 3 aromatic rings. The van der Waals surface area contributed by atoms with Gasteiger partial charge >= 0.3 is 0 Å². The molecule has 1 aromatic heterocycles. The number of nitrogens with two attached hydrogens (primary N) is 1. The first-order valence-corrected chi connectivity index (χ1v) is 8.69. The summed E-state index contributed by atoms with van der Waals surface area (Å²) in [6.07, 6.45) is 0. The van der Waals surface area contributed by atoms with Gasteiger partial charge in [0.15, 0.2) is 0 Å². The number of nitrogens with zero attached hydrogens (tertiary/aromatic N) is 1. The lowest BCUT2D eigenvalue weighted by Crippen LogP contribution is -2.20. The number of hydrogen-bond acceptors (Lipinski definition) is 4. The van der Waals surface area contributed by atoms with E-state index >= 15 is 0 Å². The van der Waals surface area contributed by atoms with E-state index in [2.05, 4.69) is 34.1 Å². The third-order valence-electron chi connectivity index (χ3n) is 3.96. The van der Waals surface area contributed by atoms with Crippen LogP contribution in [-0.2, 0) is 0 Å². The Morgan fingerprint density at radius 2 is 2.04 bits per heavy atom. The maximum Gasteiger partial charge on any atom is 0.205 e. The van der Waals surface area contributed by atoms with Gasteiger partial charge in [0.25, 0.3) is 0 Å². The molecule has 4 rings (SSSR count). The Balaban J connectivity index is 2.01. The van der Waals surface area contributed by atoms with Crippen molar-refractivity contribution in [3.63, 3.8) is 0 Å². The molecule has 2 N–H and O–H groups in total. The lowest BCUT2D eigenvalue weighted by Gasteiger charge is -2.26. The first kappa shape index (κ1) is 14.3. The third kappa shape index (κ3) is 2.31. The molecule has 0 unspecified atom stereocenters. The number of benzene rings is 2. The van der Waals surface area contributed by atoms with Gasteiger partial charge in [0.2, 0.25) is 5.88 Å². The number of fused-ring (bicyclic) bond motifs is 2. The van der Waals surface area contributed by atoms with Crippen molar-refractivity contribution in [1.82, 2.24) is 0 Å². The van der Waals surface area contributed by atoms with Crippen LogP contribution < -0.4 is 10.5 Å². The fourth-order valence-electron chi connectivity index (χ4n) is 2.92. The molecular weight excluding hydrogens is 372 g/mol. The summed E-state index contributed by atoms with van der Waals surface area (Å²) >= 11 is 5.12. The van der Waals surface area contributed by atoms with Gasteiger partial charge in [-0.05, 0) is 46.5 Å². The summed E-state index contributed by atoms with van der Waals surface area (Å²) in [5, 5.41) is 13.7. The molecule has 0 radical (unpaired) electrons. The van der Waals surface area contributed by atoms with Crippen molar-refractivity contribution in [3.05, 3.63) is 74.2 Å². The Morgan fingerprint density at radius 3 is 2.78 bits per heavy atom. The van der Waals surface area contributed by atoms with Crippen molar-refractivity contribution in [2.24, 2.45) is 5.73 Å². The summed E-state index contributed by atoms with van der Waals surface area (Å²) in [4.78, 5) is 1.09. The van der Waals surface area contributed by atoms with Crippen LogP contribution in [0.1, 0.15) is 16.4 Å². The minimum Gasteiger partial charge on any atom is -0.440 e. The van der Waals surface area contributed by atoms with Crippen LogP contribution in [0.3, 0.4) is 0 Å². The monoisotopic (exact) mass is 382 g/mol. The van der Waals surface area contributed by atoms with Crippen LogP contribution in [0.4, 0.5) is 0 Å². The maximum absolute atomic E-state index is 9.54. The largest absolute Gasteiger partial charge is 0.440 e. The number of nitriles is 1. The normalized spacial score (nSPS) is 16.8. The van der Waals surface area contributed by atoms with Crippen LogP contribution in [0.5, 0.6) is 5.75 Å². The Kier molecular flexibility index (Phi) is 3.37. The SMILES string of the molecule is N#CC1=C(N)Oc2cc3ccc(Br)cc3cc2[C@@H]1c1cccs1. The zero-order valence-electron chi connectivity index (χ0n) is 11.9. The molecule has 0 spiro atoms. The van der Waals surface area contributed by atoms with E-state index in [0.717, 1.165) is 31.4 Å². The third-order valence-corrected chi connectivity index (χ3v) is 5.39. The van der Waals surface area contributed by atoms with Crippen molar-refractivity contribution >= 4 is 38.0 Å². The first-order chi connectivity index (χ1) is 11.2. The smallest absolute Gasteiger partial charge is 0.205 e. The predicted molar refractivity (Wildman–Crippen MR) is 95.3 cm³/mol. The lowest BCUT2D eigenvalue weighted by atomic mass is 9.87. The zero-order chi connectivity index (χ0) is 16.0. The van der Waals surface area contributed by atoms with Crippen LogP contribution in [0.25, 0.3) is 10.8 Å². The second-order valence-corrected chi connectivity index (χ2v) is 7.22. The van der Waals surface area contributed by atoms with Gasteiger partial charge in [-0.2, -0.15) is 5.26 Å². The van der Waals surface area contributed by atoms with Crippen molar-refractivity contribution in [2.45, 2.75) is 5.92 Å². The topological polar surface area (TPSA) is 59.0 Å². The molecule has 5 heteroatoms. The minimum absolute atomic E-state index is 0.174. The molecule has 23 heavy (non-hydrogen) atoms. The quantitative estimate of drug-likeness (QED) is 0.652. The second kappa shape index (κ2) is 5.41. The molecule has 0 aliphatic carbocycles. The van der Waals surface area contributed by atoms with E-state index in [0.29, 0.717) is 5.57 Å². The number of halogens is 1. The van der Waals surface area contributed by atoms with E-state index in [4.69, 9.17) is 10.5 Å². The highest BCUT2D eigenvalue weighted by Crippen LogP contribution is 2.45. The van der Waals surface area contributed by atoms with Gasteiger partial charge < -0.3 is 10.5 Å². The second-order valence-electron chi connectivity index (χ2n) is 5.32. The van der Waals surface area contributed by atoms with Crippen LogP contribution in [0.2, 0.25) is 0 Å². The molecule has 112 valence electrons. The van der Waals surface area contributed by atoms with Crippen molar-refractivity contribution in [2.75, 3.05) is 0 Å². The van der Waals surface area contributed by atoms with Crippen molar-refractivity contribution in [1.29, 1.82) is 5.26 Å². The van der Waals surface area contributed by atoms with E-state index in [9.17, 15) is 5.26 Å². The van der Waals surface area contributed by atoms with Crippen LogP contribution in [-0.4, -0.2) is 0 Å². The minimum atomic E-state index is -0.174. The molecule has 0 saturated heterocycles. The molecule has 0 bridgehead atoms. The molecular formula is C18H11BrN2OS. The molecule has 2 aromatic carbocycles. The van der Waals surface area contributed by atoms with Gasteiger partial charge in [-0.3, -0.25) is 0 Å². The number of ether oxygens (including phenoxy) is 1. The molecule has 0 amide bonds. The van der Waals surface area contributed by atoms with E-state index in [1.807, 2.05) is 35.7 Å². The summed E-state index contributed by atoms with van der Waals surface area (Å²) in [7, 11) is 0. The zero-order valence-corrected chi connectivity index (χ0v) is 14.3. The van der Waals surface area contributed by atoms with E-state index in [1.165, 1.54) is 0 Å². The molecule has 1 aliphatic rings. The standard InChI is InChI=1S/C18H11BrN2OS/c19-12-4-3-10-8-15-13(7-11(10)6-12)17(16-2-1-5-23-16)14(9-20)18(21)22-15/h1-8,17H,21H2/t17-/m0/s1. The number of allylic oxidation sites excluding steroid dienone is 1. The Morgan fingerprint density at radius 1 is 1.17 bits per heavy atom. The highest BCUT2D eigenvalue weighted by molar-refractivity contribution is 9.10. The average Bonchev–Trinajstić information content (AvgIpc) is 3.06. The highest BCUT2D eigenvalue weighted by atomic mass is 79.9. The summed E-state index contributed by atoms with van der Waals surface area (Å²) in [5.41, 5.74) is 7.44. The van der Waals surface area contributed by atoms with Crippen molar-refractivity contribution < 1.29 is 4.74 Å². The van der Waals surface area contributed by atoms with Crippen LogP contribution in [0.15, 0.2) is 63.8 Å². The van der Waals surface area contributed by atoms with Crippen LogP contribution >= 0.6 is 27.3 Å². The highest BCUT2D eigenvalue weighted by Gasteiger charge is 2.31. The predicted octanol–water partition coefficient (Wildman–Crippen LogP) is 4.88. The number of thiophene rings is 1. The number of rotatable bonds is 1. The summed E-state index contributed by atoms with van der Waals surface area (Å²) in [6.45, 7) is 0. The Labute approximate surface area is 145 Å². The maximum atomic E-state index is 9.54. The molecule has 1 atom stereocenters. The van der Waals surface area contributed by atoms with Crippen molar-refractivity contribution in [3.8, 4) is 11.8 Å². The molecule has 0 saturated carbocycles. The summed E-state index contributed by atoms with van der Waals surface area (Å²) in [5.74, 6) is 0.733. The molecule has 2 heterocycles. The summed E-state index contributed by atoms with van der Waals surface area (Å²) in [6, 6.07) is 16.4. The van der Waals surface area contributed by atoms with E-state index in [-0.39, 0.29) is 11.8 Å². The van der Waals surface area contributed by atoms with E-state index in [1.54, 1.807) is 11.3 Å². The van der Waals surface area contributed by atoms with Gasteiger partial charge in [0, 0.05) is 14.9 Å². The number of hydrogen-bond donors (Lipinski definition) is 1.